The monoisotopic (exact) mass is 368 g/mol. The molecule has 0 aliphatic carbocycles. The fourth-order valence-electron chi connectivity index (χ4n) is 4.78. The number of aryl methyl sites for hydroxylation is 1. The second-order valence-corrected chi connectivity index (χ2v) is 8.17. The number of H-pyrrole nitrogens is 1. The van der Waals surface area contributed by atoms with Crippen molar-refractivity contribution in [2.45, 2.75) is 38.9 Å². The molecule has 0 amide bonds. The van der Waals surface area contributed by atoms with Gasteiger partial charge in [0.1, 0.15) is 13.2 Å². The Morgan fingerprint density at radius 3 is 2.81 bits per heavy atom. The Bertz CT molecular complexity index is 805. The molecule has 27 heavy (non-hydrogen) atoms. The average Bonchev–Trinajstić information content (AvgIpc) is 2.89. The maximum Gasteiger partial charge on any atom is 0.161 e. The van der Waals surface area contributed by atoms with Crippen molar-refractivity contribution < 1.29 is 9.47 Å². The Hall–Kier alpha value is -2.05. The van der Waals surface area contributed by atoms with Crippen molar-refractivity contribution in [2.75, 3.05) is 32.8 Å². The van der Waals surface area contributed by atoms with Gasteiger partial charge in [0.05, 0.1) is 12.0 Å². The summed E-state index contributed by atoms with van der Waals surface area (Å²) in [6.07, 6.45) is 4.45. The molecule has 0 saturated carbocycles. The molecule has 144 valence electrons. The van der Waals surface area contributed by atoms with E-state index in [-0.39, 0.29) is 0 Å². The number of rotatable bonds is 4. The molecule has 1 N–H and O–H groups in total. The SMILES string of the molecule is Cc1[nH]cnc1CN1C[C@H]2CC[C@@H](C1)N(Cc1ccc3c(c1)OCCO3)C2. The predicted molar refractivity (Wildman–Crippen MR) is 103 cm³/mol. The molecule has 1 aromatic heterocycles. The van der Waals surface area contributed by atoms with Crippen molar-refractivity contribution in [1.82, 2.24) is 19.8 Å². The molecule has 6 nitrogen and oxygen atoms in total. The highest BCUT2D eigenvalue weighted by Gasteiger charge is 2.35. The zero-order valence-electron chi connectivity index (χ0n) is 16.0. The summed E-state index contributed by atoms with van der Waals surface area (Å²) in [6, 6.07) is 7.04. The second-order valence-electron chi connectivity index (χ2n) is 8.17. The van der Waals surface area contributed by atoms with Crippen molar-refractivity contribution in [3.8, 4) is 11.5 Å². The van der Waals surface area contributed by atoms with Gasteiger partial charge in [-0.1, -0.05) is 6.07 Å². The van der Waals surface area contributed by atoms with E-state index in [1.165, 1.54) is 42.9 Å². The molecule has 0 radical (unpaired) electrons. The van der Waals surface area contributed by atoms with Gasteiger partial charge in [0, 0.05) is 44.5 Å². The van der Waals surface area contributed by atoms with Gasteiger partial charge in [-0.25, -0.2) is 4.98 Å². The molecular formula is C21H28N4O2. The predicted octanol–water partition coefficient (Wildman–Crippen LogP) is 2.59. The fraction of sp³-hybridized carbons (Fsp3) is 0.571. The van der Waals surface area contributed by atoms with Gasteiger partial charge in [0.2, 0.25) is 0 Å². The molecule has 2 bridgehead atoms. The molecule has 1 aromatic carbocycles. The van der Waals surface area contributed by atoms with Crippen molar-refractivity contribution in [3.63, 3.8) is 0 Å². The first-order valence-corrected chi connectivity index (χ1v) is 10.1. The van der Waals surface area contributed by atoms with E-state index < -0.39 is 0 Å². The first-order chi connectivity index (χ1) is 13.2. The van der Waals surface area contributed by atoms with Crippen LogP contribution in [0, 0.1) is 12.8 Å². The van der Waals surface area contributed by atoms with E-state index in [0.717, 1.165) is 37.1 Å². The van der Waals surface area contributed by atoms with Crippen molar-refractivity contribution in [1.29, 1.82) is 0 Å². The molecule has 4 aliphatic heterocycles. The lowest BCUT2D eigenvalue weighted by Gasteiger charge is -2.36. The second kappa shape index (κ2) is 7.17. The van der Waals surface area contributed by atoms with E-state index in [1.807, 2.05) is 6.33 Å². The summed E-state index contributed by atoms with van der Waals surface area (Å²) in [7, 11) is 0. The minimum absolute atomic E-state index is 0.621. The maximum absolute atomic E-state index is 5.77. The van der Waals surface area contributed by atoms with Gasteiger partial charge in [-0.05, 0) is 43.4 Å². The highest BCUT2D eigenvalue weighted by Crippen LogP contribution is 2.33. The van der Waals surface area contributed by atoms with Gasteiger partial charge in [-0.15, -0.1) is 0 Å². The average molecular weight is 368 g/mol. The maximum atomic E-state index is 5.77. The minimum atomic E-state index is 0.621. The number of hydrogen-bond donors (Lipinski definition) is 1. The third-order valence-electron chi connectivity index (χ3n) is 6.20. The zero-order chi connectivity index (χ0) is 18.2. The summed E-state index contributed by atoms with van der Waals surface area (Å²) in [6.45, 7) is 8.86. The lowest BCUT2D eigenvalue weighted by molar-refractivity contribution is 0.122. The zero-order valence-corrected chi connectivity index (χ0v) is 16.0. The number of benzene rings is 1. The van der Waals surface area contributed by atoms with Gasteiger partial charge in [-0.2, -0.15) is 0 Å². The van der Waals surface area contributed by atoms with E-state index in [9.17, 15) is 0 Å². The summed E-state index contributed by atoms with van der Waals surface area (Å²) in [4.78, 5) is 13.0. The Labute approximate surface area is 160 Å². The molecule has 3 fully saturated rings. The molecule has 6 rings (SSSR count). The highest BCUT2D eigenvalue weighted by atomic mass is 16.6. The van der Waals surface area contributed by atoms with Crippen LogP contribution in [-0.4, -0.2) is 58.7 Å². The Morgan fingerprint density at radius 2 is 1.96 bits per heavy atom. The quantitative estimate of drug-likeness (QED) is 0.899. The molecule has 0 spiro atoms. The molecule has 4 aliphatic rings. The fourth-order valence-corrected chi connectivity index (χ4v) is 4.78. The lowest BCUT2D eigenvalue weighted by Crippen LogP contribution is -2.43. The standard InChI is InChI=1S/C21H28N4O2/c1-15-19(23-14-22-15)13-24-9-17-2-4-18(12-24)25(11-17)10-16-3-5-20-21(8-16)27-7-6-26-20/h3,5,8,14,17-18H,2,4,6-7,9-13H2,1H3,(H,22,23)/t17-,18+/m1/s1. The third-order valence-corrected chi connectivity index (χ3v) is 6.20. The van der Waals surface area contributed by atoms with Crippen LogP contribution in [0.2, 0.25) is 0 Å². The minimum Gasteiger partial charge on any atom is -0.486 e. The molecular weight excluding hydrogens is 340 g/mol. The molecule has 2 atom stereocenters. The summed E-state index contributed by atoms with van der Waals surface area (Å²) < 4.78 is 11.4. The summed E-state index contributed by atoms with van der Waals surface area (Å²) in [5.41, 5.74) is 3.70. The number of aromatic nitrogens is 2. The van der Waals surface area contributed by atoms with E-state index in [1.54, 1.807) is 0 Å². The van der Waals surface area contributed by atoms with Gasteiger partial charge >= 0.3 is 0 Å². The number of piperidine rings is 1. The van der Waals surface area contributed by atoms with Gasteiger partial charge in [0.15, 0.2) is 11.5 Å². The number of aromatic amines is 1. The molecule has 3 saturated heterocycles. The molecule has 6 heteroatoms. The van der Waals surface area contributed by atoms with Crippen LogP contribution in [0.5, 0.6) is 11.5 Å². The van der Waals surface area contributed by atoms with Crippen LogP contribution in [-0.2, 0) is 13.1 Å². The van der Waals surface area contributed by atoms with Gasteiger partial charge in [-0.3, -0.25) is 9.80 Å². The van der Waals surface area contributed by atoms with Crippen molar-refractivity contribution in [2.24, 2.45) is 5.92 Å². The van der Waals surface area contributed by atoms with Crippen molar-refractivity contribution in [3.05, 3.63) is 41.5 Å². The molecule has 2 aromatic rings. The van der Waals surface area contributed by atoms with Crippen LogP contribution in [0.4, 0.5) is 0 Å². The number of fused-ring (bicyclic) bond motifs is 5. The molecule has 0 unspecified atom stereocenters. The van der Waals surface area contributed by atoms with Crippen LogP contribution in [0.25, 0.3) is 0 Å². The van der Waals surface area contributed by atoms with Crippen LogP contribution in [0.3, 0.4) is 0 Å². The normalized spacial score (nSPS) is 25.5. The van der Waals surface area contributed by atoms with Gasteiger partial charge in [0.25, 0.3) is 0 Å². The first kappa shape index (κ1) is 17.1. The largest absolute Gasteiger partial charge is 0.486 e. The van der Waals surface area contributed by atoms with E-state index in [2.05, 4.69) is 44.9 Å². The highest BCUT2D eigenvalue weighted by molar-refractivity contribution is 5.43. The summed E-state index contributed by atoms with van der Waals surface area (Å²) >= 11 is 0. The summed E-state index contributed by atoms with van der Waals surface area (Å²) in [5, 5.41) is 0. The molecule has 5 heterocycles. The van der Waals surface area contributed by atoms with Crippen LogP contribution in [0.15, 0.2) is 24.5 Å². The smallest absolute Gasteiger partial charge is 0.161 e. The van der Waals surface area contributed by atoms with E-state index in [4.69, 9.17) is 9.47 Å². The Kier molecular flexibility index (Phi) is 4.53. The number of nitrogens with zero attached hydrogens (tertiary/aromatic N) is 3. The number of hydrogen-bond acceptors (Lipinski definition) is 5. The van der Waals surface area contributed by atoms with Crippen LogP contribution < -0.4 is 9.47 Å². The number of ether oxygens (including phenoxy) is 2. The lowest BCUT2D eigenvalue weighted by atomic mass is 9.94. The van der Waals surface area contributed by atoms with E-state index in [0.29, 0.717) is 19.3 Å². The Morgan fingerprint density at radius 1 is 1.07 bits per heavy atom. The van der Waals surface area contributed by atoms with Crippen LogP contribution in [0.1, 0.15) is 29.8 Å². The van der Waals surface area contributed by atoms with E-state index >= 15 is 0 Å². The third kappa shape index (κ3) is 3.56. The van der Waals surface area contributed by atoms with Crippen LogP contribution >= 0.6 is 0 Å². The van der Waals surface area contributed by atoms with Crippen molar-refractivity contribution >= 4 is 0 Å². The number of nitrogens with one attached hydrogen (secondary N) is 1. The topological polar surface area (TPSA) is 53.6 Å². The first-order valence-electron chi connectivity index (χ1n) is 10.1. The summed E-state index contributed by atoms with van der Waals surface area (Å²) in [5.74, 6) is 2.53. The van der Waals surface area contributed by atoms with Gasteiger partial charge < -0.3 is 14.5 Å². The number of imidazole rings is 1. The Balaban J connectivity index is 1.28.